The van der Waals surface area contributed by atoms with E-state index in [4.69, 9.17) is 9.47 Å². The molecule has 1 saturated heterocycles. The largest absolute Gasteiger partial charge is 0.497 e. The Bertz CT molecular complexity index is 690. The van der Waals surface area contributed by atoms with E-state index in [0.29, 0.717) is 6.42 Å². The van der Waals surface area contributed by atoms with Gasteiger partial charge in [0.2, 0.25) is 5.91 Å². The van der Waals surface area contributed by atoms with Gasteiger partial charge in [-0.3, -0.25) is 4.79 Å². The fourth-order valence-corrected chi connectivity index (χ4v) is 3.15. The van der Waals surface area contributed by atoms with Crippen molar-refractivity contribution in [2.24, 2.45) is 7.05 Å². The van der Waals surface area contributed by atoms with Crippen LogP contribution in [0.5, 0.6) is 5.75 Å². The van der Waals surface area contributed by atoms with E-state index >= 15 is 0 Å². The Kier molecular flexibility index (Phi) is 5.71. The molecule has 1 aliphatic rings. The van der Waals surface area contributed by atoms with Gasteiger partial charge >= 0.3 is 0 Å². The van der Waals surface area contributed by atoms with Crippen LogP contribution in [-0.4, -0.2) is 35.3 Å². The van der Waals surface area contributed by atoms with Gasteiger partial charge in [0, 0.05) is 32.5 Å². The lowest BCUT2D eigenvalue weighted by Gasteiger charge is -2.20. The van der Waals surface area contributed by atoms with Crippen molar-refractivity contribution in [3.8, 4) is 5.75 Å². The normalized spacial score (nSPS) is 18.1. The Morgan fingerprint density at radius 1 is 1.44 bits per heavy atom. The number of nitrogens with one attached hydrogen (secondary N) is 1. The third-order valence-corrected chi connectivity index (χ3v) is 4.59. The highest BCUT2D eigenvalue weighted by atomic mass is 16.5. The third kappa shape index (κ3) is 4.39. The predicted octanol–water partition coefficient (Wildman–Crippen LogP) is 2.59. The number of aryl methyl sites for hydroxylation is 1. The smallest absolute Gasteiger partial charge is 0.220 e. The summed E-state index contributed by atoms with van der Waals surface area (Å²) in [5.41, 5.74) is 0.973. The molecular weight excluding hydrogens is 318 g/mol. The SMILES string of the molecule is COc1ccc(C(NC(=O)CCC2CCCO2)c2nccn2C)cc1. The summed E-state index contributed by atoms with van der Waals surface area (Å²) in [6, 6.07) is 7.41. The Morgan fingerprint density at radius 2 is 2.24 bits per heavy atom. The highest BCUT2D eigenvalue weighted by Gasteiger charge is 2.22. The quantitative estimate of drug-likeness (QED) is 0.839. The second kappa shape index (κ2) is 8.16. The van der Waals surface area contributed by atoms with Crippen LogP contribution in [0.3, 0.4) is 0 Å². The molecule has 1 amide bonds. The lowest BCUT2D eigenvalue weighted by molar-refractivity contribution is -0.122. The molecule has 6 nitrogen and oxygen atoms in total. The number of carbonyl (C=O) groups is 1. The summed E-state index contributed by atoms with van der Waals surface area (Å²) in [7, 11) is 3.56. The Balaban J connectivity index is 1.71. The van der Waals surface area contributed by atoms with Crippen molar-refractivity contribution in [3.63, 3.8) is 0 Å². The molecule has 0 saturated carbocycles. The number of benzene rings is 1. The van der Waals surface area contributed by atoms with Crippen molar-refractivity contribution in [2.45, 2.75) is 37.8 Å². The van der Waals surface area contributed by atoms with E-state index < -0.39 is 0 Å². The molecule has 1 aromatic carbocycles. The average molecular weight is 343 g/mol. The molecule has 2 atom stereocenters. The maximum atomic E-state index is 12.5. The number of carbonyl (C=O) groups excluding carboxylic acids is 1. The standard InChI is InChI=1S/C19H25N3O3/c1-22-12-11-20-19(22)18(14-5-7-15(24-2)8-6-14)21-17(23)10-9-16-4-3-13-25-16/h5-8,11-12,16,18H,3-4,9-10,13H2,1-2H3,(H,21,23). The molecule has 3 rings (SSSR count). The van der Waals surface area contributed by atoms with Crippen LogP contribution in [-0.2, 0) is 16.6 Å². The summed E-state index contributed by atoms with van der Waals surface area (Å²) < 4.78 is 12.7. The van der Waals surface area contributed by atoms with Gasteiger partial charge in [-0.25, -0.2) is 4.98 Å². The lowest BCUT2D eigenvalue weighted by atomic mass is 10.0. The van der Waals surface area contributed by atoms with Gasteiger partial charge in [0.25, 0.3) is 0 Å². The molecule has 2 aromatic rings. The zero-order valence-electron chi connectivity index (χ0n) is 14.8. The number of amides is 1. The van der Waals surface area contributed by atoms with Gasteiger partial charge in [-0.15, -0.1) is 0 Å². The molecule has 1 fully saturated rings. The van der Waals surface area contributed by atoms with E-state index in [1.54, 1.807) is 13.3 Å². The van der Waals surface area contributed by atoms with Gasteiger partial charge in [0.15, 0.2) is 0 Å². The molecule has 0 spiro atoms. The van der Waals surface area contributed by atoms with E-state index in [2.05, 4.69) is 10.3 Å². The second-order valence-corrected chi connectivity index (χ2v) is 6.34. The Labute approximate surface area is 148 Å². The molecule has 1 N–H and O–H groups in total. The van der Waals surface area contributed by atoms with Crippen LogP contribution in [0.2, 0.25) is 0 Å². The van der Waals surface area contributed by atoms with Crippen molar-refractivity contribution in [3.05, 3.63) is 48.0 Å². The maximum absolute atomic E-state index is 12.5. The van der Waals surface area contributed by atoms with Gasteiger partial charge in [0.05, 0.1) is 13.2 Å². The minimum absolute atomic E-state index is 0.0133. The highest BCUT2D eigenvalue weighted by Crippen LogP contribution is 2.23. The molecule has 25 heavy (non-hydrogen) atoms. The van der Waals surface area contributed by atoms with Crippen LogP contribution in [0.1, 0.15) is 43.1 Å². The fourth-order valence-electron chi connectivity index (χ4n) is 3.15. The first-order chi connectivity index (χ1) is 12.2. The topological polar surface area (TPSA) is 65.4 Å². The summed E-state index contributed by atoms with van der Waals surface area (Å²) in [5.74, 6) is 1.60. The lowest BCUT2D eigenvalue weighted by Crippen LogP contribution is -2.31. The van der Waals surface area contributed by atoms with Gasteiger partial charge in [-0.05, 0) is 37.0 Å². The summed E-state index contributed by atoms with van der Waals surface area (Å²) >= 11 is 0. The van der Waals surface area contributed by atoms with E-state index in [1.165, 1.54) is 0 Å². The van der Waals surface area contributed by atoms with Gasteiger partial charge in [-0.2, -0.15) is 0 Å². The summed E-state index contributed by atoms with van der Waals surface area (Å²) in [6.07, 6.45) is 7.21. The number of rotatable bonds is 7. The van der Waals surface area contributed by atoms with Crippen molar-refractivity contribution in [1.29, 1.82) is 0 Å². The summed E-state index contributed by atoms with van der Waals surface area (Å²) in [4.78, 5) is 16.9. The Morgan fingerprint density at radius 3 is 2.84 bits per heavy atom. The second-order valence-electron chi connectivity index (χ2n) is 6.34. The summed E-state index contributed by atoms with van der Waals surface area (Å²) in [5, 5.41) is 3.12. The first kappa shape index (κ1) is 17.5. The van der Waals surface area contributed by atoms with E-state index in [0.717, 1.165) is 43.0 Å². The maximum Gasteiger partial charge on any atom is 0.220 e. The molecule has 134 valence electrons. The van der Waals surface area contributed by atoms with Crippen LogP contribution in [0.4, 0.5) is 0 Å². The molecule has 2 unspecified atom stereocenters. The van der Waals surface area contributed by atoms with E-state index in [-0.39, 0.29) is 18.1 Å². The number of ether oxygens (including phenoxy) is 2. The van der Waals surface area contributed by atoms with Gasteiger partial charge in [0.1, 0.15) is 17.6 Å². The number of methoxy groups -OCH3 is 1. The van der Waals surface area contributed by atoms with E-state index in [1.807, 2.05) is 42.1 Å². The van der Waals surface area contributed by atoms with Crippen LogP contribution >= 0.6 is 0 Å². The number of nitrogens with zero attached hydrogens (tertiary/aromatic N) is 2. The summed E-state index contributed by atoms with van der Waals surface area (Å²) in [6.45, 7) is 0.814. The first-order valence-corrected chi connectivity index (χ1v) is 8.69. The minimum Gasteiger partial charge on any atom is -0.497 e. The number of imidazole rings is 1. The Hall–Kier alpha value is -2.34. The van der Waals surface area contributed by atoms with Crippen LogP contribution in [0, 0.1) is 0 Å². The molecular formula is C19H25N3O3. The van der Waals surface area contributed by atoms with Crippen LogP contribution < -0.4 is 10.1 Å². The molecule has 1 aliphatic heterocycles. The molecule has 6 heteroatoms. The predicted molar refractivity (Wildman–Crippen MR) is 94.4 cm³/mol. The first-order valence-electron chi connectivity index (χ1n) is 8.69. The van der Waals surface area contributed by atoms with Crippen molar-refractivity contribution in [2.75, 3.05) is 13.7 Å². The van der Waals surface area contributed by atoms with Crippen LogP contribution in [0.15, 0.2) is 36.7 Å². The highest BCUT2D eigenvalue weighted by molar-refractivity contribution is 5.76. The fraction of sp³-hybridized carbons (Fsp3) is 0.474. The zero-order valence-corrected chi connectivity index (χ0v) is 14.8. The molecule has 0 aliphatic carbocycles. The average Bonchev–Trinajstić information content (AvgIpc) is 3.30. The van der Waals surface area contributed by atoms with E-state index in [9.17, 15) is 4.79 Å². The molecule has 1 aromatic heterocycles. The third-order valence-electron chi connectivity index (χ3n) is 4.59. The zero-order chi connectivity index (χ0) is 17.6. The van der Waals surface area contributed by atoms with Gasteiger partial charge in [-0.1, -0.05) is 12.1 Å². The molecule has 2 heterocycles. The van der Waals surface area contributed by atoms with Crippen molar-refractivity contribution < 1.29 is 14.3 Å². The number of hydrogen-bond acceptors (Lipinski definition) is 4. The van der Waals surface area contributed by atoms with Crippen molar-refractivity contribution in [1.82, 2.24) is 14.9 Å². The monoisotopic (exact) mass is 343 g/mol. The van der Waals surface area contributed by atoms with Crippen LogP contribution in [0.25, 0.3) is 0 Å². The van der Waals surface area contributed by atoms with Gasteiger partial charge < -0.3 is 19.4 Å². The number of aromatic nitrogens is 2. The number of hydrogen-bond donors (Lipinski definition) is 1. The minimum atomic E-state index is -0.289. The molecule has 0 bridgehead atoms. The van der Waals surface area contributed by atoms with Crippen molar-refractivity contribution >= 4 is 5.91 Å². The molecule has 0 radical (unpaired) electrons.